The Kier molecular flexibility index (Phi) is 6.05. The van der Waals surface area contributed by atoms with Gasteiger partial charge in [-0.3, -0.25) is 9.69 Å². The maximum Gasteiger partial charge on any atom is 0.236 e. The van der Waals surface area contributed by atoms with Gasteiger partial charge in [0, 0.05) is 40.8 Å². The average molecular weight is 257 g/mol. The van der Waals surface area contributed by atoms with Crippen LogP contribution in [-0.4, -0.2) is 76.2 Å². The summed E-state index contributed by atoms with van der Waals surface area (Å²) in [6.07, 6.45) is 1.17. The second-order valence-corrected chi connectivity index (χ2v) is 5.73. The molecule has 1 N–H and O–H groups in total. The van der Waals surface area contributed by atoms with Gasteiger partial charge in [-0.25, -0.2) is 0 Å². The molecule has 5 nitrogen and oxygen atoms in total. The SMILES string of the molecule is COCCN(CC(=O)N(C)C)CC1(C)CCNC1. The molecule has 1 saturated heterocycles. The molecule has 0 radical (unpaired) electrons. The van der Waals surface area contributed by atoms with Crippen molar-refractivity contribution >= 4 is 5.91 Å². The lowest BCUT2D eigenvalue weighted by Crippen LogP contribution is -2.44. The molecule has 0 aliphatic carbocycles. The molecule has 1 rings (SSSR count). The van der Waals surface area contributed by atoms with Gasteiger partial charge in [-0.2, -0.15) is 0 Å². The fourth-order valence-electron chi connectivity index (χ4n) is 2.31. The smallest absolute Gasteiger partial charge is 0.236 e. The van der Waals surface area contributed by atoms with Crippen LogP contribution in [0.3, 0.4) is 0 Å². The summed E-state index contributed by atoms with van der Waals surface area (Å²) in [5.74, 6) is 0.153. The fourth-order valence-corrected chi connectivity index (χ4v) is 2.31. The molecule has 0 spiro atoms. The van der Waals surface area contributed by atoms with E-state index in [2.05, 4.69) is 17.1 Å². The van der Waals surface area contributed by atoms with Crippen LogP contribution in [0.1, 0.15) is 13.3 Å². The summed E-state index contributed by atoms with van der Waals surface area (Å²) >= 11 is 0. The topological polar surface area (TPSA) is 44.8 Å². The first-order valence-corrected chi connectivity index (χ1v) is 6.59. The molecule has 1 unspecified atom stereocenters. The molecule has 0 aromatic rings. The summed E-state index contributed by atoms with van der Waals surface area (Å²) in [5.41, 5.74) is 0.278. The van der Waals surface area contributed by atoms with Gasteiger partial charge in [0.25, 0.3) is 0 Å². The van der Waals surface area contributed by atoms with Crippen molar-refractivity contribution in [1.29, 1.82) is 0 Å². The zero-order chi connectivity index (χ0) is 13.6. The van der Waals surface area contributed by atoms with E-state index in [0.717, 1.165) is 26.2 Å². The van der Waals surface area contributed by atoms with Crippen molar-refractivity contribution in [3.63, 3.8) is 0 Å². The molecule has 1 amide bonds. The summed E-state index contributed by atoms with van der Waals surface area (Å²) in [5, 5.41) is 3.40. The largest absolute Gasteiger partial charge is 0.383 e. The predicted octanol–water partition coefficient (Wildman–Crippen LogP) is 0.0226. The van der Waals surface area contributed by atoms with Gasteiger partial charge in [-0.15, -0.1) is 0 Å². The molecule has 0 aromatic heterocycles. The van der Waals surface area contributed by atoms with Crippen molar-refractivity contribution in [2.75, 3.05) is 60.5 Å². The molecule has 106 valence electrons. The van der Waals surface area contributed by atoms with Crippen LogP contribution in [0.4, 0.5) is 0 Å². The van der Waals surface area contributed by atoms with Crippen LogP contribution in [0, 0.1) is 5.41 Å². The molecule has 1 atom stereocenters. The molecule has 1 fully saturated rings. The molecule has 0 aromatic carbocycles. The number of methoxy groups -OCH3 is 1. The maximum atomic E-state index is 11.8. The Morgan fingerprint density at radius 2 is 2.17 bits per heavy atom. The standard InChI is InChI=1S/C13H27N3O2/c1-13(5-6-14-10-13)11-16(7-8-18-4)9-12(17)15(2)3/h14H,5-11H2,1-4H3. The van der Waals surface area contributed by atoms with Crippen LogP contribution < -0.4 is 5.32 Å². The van der Waals surface area contributed by atoms with Crippen LogP contribution in [-0.2, 0) is 9.53 Å². The number of rotatable bonds is 7. The van der Waals surface area contributed by atoms with Gasteiger partial charge >= 0.3 is 0 Å². The Bertz CT molecular complexity index is 263. The number of amides is 1. The number of hydrogen-bond acceptors (Lipinski definition) is 4. The highest BCUT2D eigenvalue weighted by molar-refractivity contribution is 5.77. The third kappa shape index (κ3) is 4.92. The number of carbonyl (C=O) groups is 1. The summed E-state index contributed by atoms with van der Waals surface area (Å²) < 4.78 is 5.13. The van der Waals surface area contributed by atoms with Gasteiger partial charge in [0.15, 0.2) is 0 Å². The Morgan fingerprint density at radius 3 is 2.67 bits per heavy atom. The Balaban J connectivity index is 2.51. The average Bonchev–Trinajstić information content (AvgIpc) is 2.72. The number of nitrogens with zero attached hydrogens (tertiary/aromatic N) is 2. The van der Waals surface area contributed by atoms with Gasteiger partial charge in [-0.05, 0) is 18.4 Å². The van der Waals surface area contributed by atoms with E-state index in [1.54, 1.807) is 26.1 Å². The van der Waals surface area contributed by atoms with E-state index >= 15 is 0 Å². The first-order chi connectivity index (χ1) is 8.47. The molecule has 0 saturated carbocycles. The van der Waals surface area contributed by atoms with E-state index in [1.165, 1.54) is 6.42 Å². The van der Waals surface area contributed by atoms with Crippen LogP contribution in [0.2, 0.25) is 0 Å². The van der Waals surface area contributed by atoms with Gasteiger partial charge < -0.3 is 15.0 Å². The van der Waals surface area contributed by atoms with Gasteiger partial charge in [0.1, 0.15) is 0 Å². The lowest BCUT2D eigenvalue weighted by atomic mass is 9.89. The Morgan fingerprint density at radius 1 is 1.44 bits per heavy atom. The third-order valence-electron chi connectivity index (χ3n) is 3.53. The van der Waals surface area contributed by atoms with E-state index in [4.69, 9.17) is 4.74 Å². The van der Waals surface area contributed by atoms with E-state index in [1.807, 2.05) is 0 Å². The molecule has 1 heterocycles. The van der Waals surface area contributed by atoms with Crippen molar-refractivity contribution < 1.29 is 9.53 Å². The summed E-state index contributed by atoms with van der Waals surface area (Å²) in [6, 6.07) is 0. The minimum atomic E-state index is 0.153. The second-order valence-electron chi connectivity index (χ2n) is 5.73. The van der Waals surface area contributed by atoms with Crippen molar-refractivity contribution in [2.24, 2.45) is 5.41 Å². The number of carbonyl (C=O) groups excluding carboxylic acids is 1. The fraction of sp³-hybridized carbons (Fsp3) is 0.923. The van der Waals surface area contributed by atoms with Crippen molar-refractivity contribution in [2.45, 2.75) is 13.3 Å². The number of hydrogen-bond donors (Lipinski definition) is 1. The monoisotopic (exact) mass is 257 g/mol. The molecular formula is C13H27N3O2. The third-order valence-corrected chi connectivity index (χ3v) is 3.53. The lowest BCUT2D eigenvalue weighted by molar-refractivity contribution is -0.130. The van der Waals surface area contributed by atoms with Crippen LogP contribution in [0.5, 0.6) is 0 Å². The summed E-state index contributed by atoms with van der Waals surface area (Å²) in [6.45, 7) is 7.31. The highest BCUT2D eigenvalue weighted by Gasteiger charge is 2.31. The van der Waals surface area contributed by atoms with Gasteiger partial charge in [0.2, 0.25) is 5.91 Å². The lowest BCUT2D eigenvalue weighted by Gasteiger charge is -2.32. The van der Waals surface area contributed by atoms with E-state index in [9.17, 15) is 4.79 Å². The molecule has 0 bridgehead atoms. The molecule has 18 heavy (non-hydrogen) atoms. The first-order valence-electron chi connectivity index (χ1n) is 6.59. The number of ether oxygens (including phenoxy) is 1. The first kappa shape index (κ1) is 15.4. The van der Waals surface area contributed by atoms with E-state index in [-0.39, 0.29) is 11.3 Å². The summed E-state index contributed by atoms with van der Waals surface area (Å²) in [7, 11) is 5.30. The maximum absolute atomic E-state index is 11.8. The summed E-state index contributed by atoms with van der Waals surface area (Å²) in [4.78, 5) is 15.7. The molecular weight excluding hydrogens is 230 g/mol. The number of nitrogens with one attached hydrogen (secondary N) is 1. The second kappa shape index (κ2) is 7.07. The highest BCUT2D eigenvalue weighted by atomic mass is 16.5. The minimum Gasteiger partial charge on any atom is -0.383 e. The van der Waals surface area contributed by atoms with Crippen molar-refractivity contribution in [1.82, 2.24) is 15.1 Å². The highest BCUT2D eigenvalue weighted by Crippen LogP contribution is 2.25. The Labute approximate surface area is 110 Å². The van der Waals surface area contributed by atoms with Gasteiger partial charge in [0.05, 0.1) is 13.2 Å². The van der Waals surface area contributed by atoms with E-state index in [0.29, 0.717) is 13.2 Å². The molecule has 1 aliphatic rings. The zero-order valence-corrected chi connectivity index (χ0v) is 12.2. The van der Waals surface area contributed by atoms with E-state index < -0.39 is 0 Å². The van der Waals surface area contributed by atoms with Crippen molar-refractivity contribution in [3.05, 3.63) is 0 Å². The number of likely N-dealkylation sites (N-methyl/N-ethyl adjacent to an activating group) is 1. The molecule has 5 heteroatoms. The quantitative estimate of drug-likeness (QED) is 0.698. The minimum absolute atomic E-state index is 0.153. The normalized spacial score (nSPS) is 23.6. The van der Waals surface area contributed by atoms with Crippen molar-refractivity contribution in [3.8, 4) is 0 Å². The predicted molar refractivity (Wildman–Crippen MR) is 72.6 cm³/mol. The molecule has 1 aliphatic heterocycles. The van der Waals surface area contributed by atoms with Crippen LogP contribution in [0.15, 0.2) is 0 Å². The Hall–Kier alpha value is -0.650. The zero-order valence-electron chi connectivity index (χ0n) is 12.2. The van der Waals surface area contributed by atoms with Gasteiger partial charge in [-0.1, -0.05) is 6.92 Å². The van der Waals surface area contributed by atoms with Crippen LogP contribution >= 0.6 is 0 Å². The van der Waals surface area contributed by atoms with Crippen LogP contribution in [0.25, 0.3) is 0 Å².